The van der Waals surface area contributed by atoms with Gasteiger partial charge in [-0.1, -0.05) is 30.3 Å². The van der Waals surface area contributed by atoms with Gasteiger partial charge in [-0.3, -0.25) is 4.79 Å². The fourth-order valence-corrected chi connectivity index (χ4v) is 1.78. The number of nitriles is 1. The van der Waals surface area contributed by atoms with Crippen LogP contribution in [0.25, 0.3) is 0 Å². The van der Waals surface area contributed by atoms with E-state index >= 15 is 0 Å². The minimum atomic E-state index is -0.177. The van der Waals surface area contributed by atoms with E-state index in [9.17, 15) is 4.79 Å². The molecule has 4 nitrogen and oxygen atoms in total. The molecule has 2 aromatic rings. The van der Waals surface area contributed by atoms with E-state index < -0.39 is 0 Å². The number of rotatable bonds is 3. The predicted octanol–water partition coefficient (Wildman–Crippen LogP) is 2.77. The number of amides is 1. The highest BCUT2D eigenvalue weighted by atomic mass is 16.2. The van der Waals surface area contributed by atoms with Gasteiger partial charge in [0.15, 0.2) is 0 Å². The first-order chi connectivity index (χ1) is 10.1. The highest BCUT2D eigenvalue weighted by molar-refractivity contribution is 6.45. The zero-order valence-electron chi connectivity index (χ0n) is 11.9. The molecule has 0 spiro atoms. The van der Waals surface area contributed by atoms with Crippen molar-refractivity contribution in [1.29, 1.82) is 5.26 Å². The van der Waals surface area contributed by atoms with Gasteiger partial charge in [0.1, 0.15) is 5.71 Å². The van der Waals surface area contributed by atoms with E-state index in [0.717, 1.165) is 0 Å². The minimum absolute atomic E-state index is 0.177. The van der Waals surface area contributed by atoms with Gasteiger partial charge in [-0.2, -0.15) is 5.26 Å². The van der Waals surface area contributed by atoms with Gasteiger partial charge < -0.3 is 4.90 Å². The smallest absolute Gasteiger partial charge is 0.272 e. The lowest BCUT2D eigenvalue weighted by atomic mass is 10.1. The summed E-state index contributed by atoms with van der Waals surface area (Å²) in [6, 6.07) is 18.2. The summed E-state index contributed by atoms with van der Waals surface area (Å²) >= 11 is 0. The van der Waals surface area contributed by atoms with Crippen LogP contribution in [-0.2, 0) is 4.79 Å². The molecule has 0 aliphatic carbocycles. The van der Waals surface area contributed by atoms with Gasteiger partial charge in [-0.05, 0) is 24.3 Å². The summed E-state index contributed by atoms with van der Waals surface area (Å²) in [5, 5.41) is 8.84. The van der Waals surface area contributed by atoms with Crippen LogP contribution >= 0.6 is 0 Å². The minimum Gasteiger partial charge on any atom is -0.343 e. The van der Waals surface area contributed by atoms with Crippen LogP contribution < -0.4 is 0 Å². The molecule has 0 saturated carbocycles. The van der Waals surface area contributed by atoms with Crippen LogP contribution in [0.15, 0.2) is 59.6 Å². The molecule has 0 N–H and O–H groups in total. The van der Waals surface area contributed by atoms with Gasteiger partial charge >= 0.3 is 0 Å². The van der Waals surface area contributed by atoms with E-state index in [1.807, 2.05) is 30.3 Å². The molecule has 0 fully saturated rings. The number of benzene rings is 2. The van der Waals surface area contributed by atoms with E-state index in [1.165, 1.54) is 4.90 Å². The zero-order chi connectivity index (χ0) is 15.2. The molecule has 21 heavy (non-hydrogen) atoms. The largest absolute Gasteiger partial charge is 0.343 e. The number of para-hydroxylation sites is 1. The van der Waals surface area contributed by atoms with Crippen LogP contribution in [0.3, 0.4) is 0 Å². The second-order valence-corrected chi connectivity index (χ2v) is 4.68. The summed E-state index contributed by atoms with van der Waals surface area (Å²) in [7, 11) is 3.37. The number of aliphatic imine (C=N–C) groups is 1. The molecule has 0 bridgehead atoms. The number of carbonyl (C=O) groups excluding carboxylic acids is 1. The van der Waals surface area contributed by atoms with Crippen LogP contribution in [0, 0.1) is 11.3 Å². The zero-order valence-corrected chi connectivity index (χ0v) is 11.9. The average Bonchev–Trinajstić information content (AvgIpc) is 2.53. The van der Waals surface area contributed by atoms with Gasteiger partial charge in [-0.25, -0.2) is 4.99 Å². The highest BCUT2D eigenvalue weighted by Crippen LogP contribution is 2.15. The first kappa shape index (κ1) is 14.5. The molecule has 0 atom stereocenters. The Balaban J connectivity index is 2.48. The maximum Gasteiger partial charge on any atom is 0.272 e. The highest BCUT2D eigenvalue weighted by Gasteiger charge is 2.16. The molecule has 1 amide bonds. The van der Waals surface area contributed by atoms with Crippen molar-refractivity contribution < 1.29 is 4.79 Å². The summed E-state index contributed by atoms with van der Waals surface area (Å²) in [5.41, 5.74) is 2.31. The Morgan fingerprint density at radius 2 is 1.67 bits per heavy atom. The molecule has 0 radical (unpaired) electrons. The number of nitrogens with zero attached hydrogens (tertiary/aromatic N) is 3. The summed E-state index contributed by atoms with van der Waals surface area (Å²) in [6.07, 6.45) is 0. The van der Waals surface area contributed by atoms with Crippen LogP contribution in [-0.4, -0.2) is 30.6 Å². The molecule has 2 aromatic carbocycles. The fourth-order valence-electron chi connectivity index (χ4n) is 1.78. The second-order valence-electron chi connectivity index (χ2n) is 4.68. The van der Waals surface area contributed by atoms with E-state index in [2.05, 4.69) is 11.1 Å². The Kier molecular flexibility index (Phi) is 4.47. The fraction of sp³-hybridized carbons (Fsp3) is 0.118. The second kappa shape index (κ2) is 6.49. The monoisotopic (exact) mass is 277 g/mol. The number of hydrogen-bond donors (Lipinski definition) is 0. The Hall–Kier alpha value is -2.93. The quantitative estimate of drug-likeness (QED) is 0.810. The van der Waals surface area contributed by atoms with Gasteiger partial charge in [0.2, 0.25) is 0 Å². The van der Waals surface area contributed by atoms with Gasteiger partial charge in [0.05, 0.1) is 17.3 Å². The first-order valence-corrected chi connectivity index (χ1v) is 6.48. The lowest BCUT2D eigenvalue weighted by Gasteiger charge is -2.13. The van der Waals surface area contributed by atoms with E-state index in [0.29, 0.717) is 22.5 Å². The number of likely N-dealkylation sites (N-methyl/N-ethyl adjacent to an activating group) is 1. The standard InChI is InChI=1S/C17H15N3O/c1-20(2)17(21)16(19-15-6-4-3-5-7-15)14-10-8-13(12-18)9-11-14/h3-11H,1-2H3. The van der Waals surface area contributed by atoms with Crippen molar-refractivity contribution >= 4 is 17.3 Å². The van der Waals surface area contributed by atoms with Crippen molar-refractivity contribution in [2.45, 2.75) is 0 Å². The van der Waals surface area contributed by atoms with Crippen molar-refractivity contribution in [2.75, 3.05) is 14.1 Å². The molecule has 2 rings (SSSR count). The van der Waals surface area contributed by atoms with E-state index in [4.69, 9.17) is 5.26 Å². The van der Waals surface area contributed by atoms with Crippen molar-refractivity contribution in [3.63, 3.8) is 0 Å². The van der Waals surface area contributed by atoms with E-state index in [1.54, 1.807) is 38.4 Å². The number of hydrogen-bond acceptors (Lipinski definition) is 3. The molecular formula is C17H15N3O. The van der Waals surface area contributed by atoms with Crippen LogP contribution in [0.1, 0.15) is 11.1 Å². The van der Waals surface area contributed by atoms with Crippen molar-refractivity contribution in [3.05, 3.63) is 65.7 Å². The van der Waals surface area contributed by atoms with Crippen molar-refractivity contribution in [2.24, 2.45) is 4.99 Å². The maximum absolute atomic E-state index is 12.3. The summed E-state index contributed by atoms with van der Waals surface area (Å²) in [6.45, 7) is 0. The lowest BCUT2D eigenvalue weighted by molar-refractivity contribution is -0.121. The number of carbonyl (C=O) groups is 1. The van der Waals surface area contributed by atoms with Crippen LogP contribution in [0.4, 0.5) is 5.69 Å². The molecule has 0 aliphatic heterocycles. The van der Waals surface area contributed by atoms with Crippen molar-refractivity contribution in [3.8, 4) is 6.07 Å². The third-order valence-corrected chi connectivity index (χ3v) is 2.89. The van der Waals surface area contributed by atoms with Crippen LogP contribution in [0.2, 0.25) is 0 Å². The third-order valence-electron chi connectivity index (χ3n) is 2.89. The molecular weight excluding hydrogens is 262 g/mol. The lowest BCUT2D eigenvalue weighted by Crippen LogP contribution is -2.30. The molecule has 0 saturated heterocycles. The molecule has 0 unspecified atom stereocenters. The van der Waals surface area contributed by atoms with E-state index in [-0.39, 0.29) is 5.91 Å². The van der Waals surface area contributed by atoms with Gasteiger partial charge in [0, 0.05) is 19.7 Å². The molecule has 104 valence electrons. The van der Waals surface area contributed by atoms with Gasteiger partial charge in [-0.15, -0.1) is 0 Å². The molecule has 4 heteroatoms. The summed E-state index contributed by atoms with van der Waals surface area (Å²) < 4.78 is 0. The Bertz CT molecular complexity index is 695. The molecule has 0 aromatic heterocycles. The summed E-state index contributed by atoms with van der Waals surface area (Å²) in [4.78, 5) is 18.3. The summed E-state index contributed by atoms with van der Waals surface area (Å²) in [5.74, 6) is -0.177. The Morgan fingerprint density at radius 1 is 1.05 bits per heavy atom. The Labute approximate surface area is 124 Å². The topological polar surface area (TPSA) is 56.5 Å². The third kappa shape index (κ3) is 3.54. The van der Waals surface area contributed by atoms with Gasteiger partial charge in [0.25, 0.3) is 5.91 Å². The van der Waals surface area contributed by atoms with Crippen molar-refractivity contribution in [1.82, 2.24) is 4.90 Å². The first-order valence-electron chi connectivity index (χ1n) is 6.48. The van der Waals surface area contributed by atoms with Crippen LogP contribution in [0.5, 0.6) is 0 Å². The normalized spacial score (nSPS) is 10.8. The maximum atomic E-state index is 12.3. The molecule has 0 aliphatic rings. The Morgan fingerprint density at radius 3 is 2.19 bits per heavy atom. The predicted molar refractivity (Wildman–Crippen MR) is 82.5 cm³/mol. The average molecular weight is 277 g/mol. The molecule has 0 heterocycles. The SMILES string of the molecule is CN(C)C(=O)C(=Nc1ccccc1)c1ccc(C#N)cc1.